The predicted molar refractivity (Wildman–Crippen MR) is 82.8 cm³/mol. The van der Waals surface area contributed by atoms with Crippen molar-refractivity contribution in [3.05, 3.63) is 28.2 Å². The first-order chi connectivity index (χ1) is 9.67. The van der Waals surface area contributed by atoms with Crippen LogP contribution in [-0.4, -0.2) is 19.2 Å². The molecule has 0 saturated carbocycles. The molecule has 5 nitrogen and oxygen atoms in total. The second kappa shape index (κ2) is 6.47. The van der Waals surface area contributed by atoms with Gasteiger partial charge in [-0.1, -0.05) is 6.92 Å². The molecule has 0 radical (unpaired) electrons. The summed E-state index contributed by atoms with van der Waals surface area (Å²) in [5.41, 5.74) is 7.44. The van der Waals surface area contributed by atoms with Crippen LogP contribution in [0.25, 0.3) is 0 Å². The molecule has 1 aromatic carbocycles. The fourth-order valence-electron chi connectivity index (χ4n) is 1.81. The number of aromatic nitrogens is 1. The SMILES string of the molecule is CCc1cnc(CNc2cc(OC)c(OC)cc2N)s1. The zero-order valence-corrected chi connectivity index (χ0v) is 12.7. The molecule has 0 fully saturated rings. The number of ether oxygens (including phenoxy) is 2. The second-order valence-electron chi connectivity index (χ2n) is 4.22. The minimum Gasteiger partial charge on any atom is -0.493 e. The molecule has 6 heteroatoms. The Bertz CT molecular complexity index is 584. The van der Waals surface area contributed by atoms with Crippen molar-refractivity contribution >= 4 is 22.7 Å². The molecule has 0 bridgehead atoms. The van der Waals surface area contributed by atoms with E-state index in [4.69, 9.17) is 15.2 Å². The van der Waals surface area contributed by atoms with Crippen LogP contribution in [0.15, 0.2) is 18.3 Å². The lowest BCUT2D eigenvalue weighted by Gasteiger charge is -2.13. The first kappa shape index (κ1) is 14.5. The Hall–Kier alpha value is -1.95. The highest BCUT2D eigenvalue weighted by Crippen LogP contribution is 2.35. The van der Waals surface area contributed by atoms with Gasteiger partial charge in [0.15, 0.2) is 11.5 Å². The van der Waals surface area contributed by atoms with Crippen LogP contribution in [0, 0.1) is 0 Å². The molecule has 0 unspecified atom stereocenters. The topological polar surface area (TPSA) is 69.4 Å². The number of thiazole rings is 1. The number of aryl methyl sites for hydroxylation is 1. The van der Waals surface area contributed by atoms with E-state index in [1.54, 1.807) is 31.6 Å². The van der Waals surface area contributed by atoms with Gasteiger partial charge in [-0.2, -0.15) is 0 Å². The predicted octanol–water partition coefficient (Wildman–Crippen LogP) is 2.92. The minimum atomic E-state index is 0.620. The molecule has 2 aromatic rings. The normalized spacial score (nSPS) is 10.3. The Morgan fingerprint density at radius 2 is 1.95 bits per heavy atom. The number of hydrogen-bond donors (Lipinski definition) is 2. The number of nitrogen functional groups attached to an aromatic ring is 1. The number of hydrogen-bond acceptors (Lipinski definition) is 6. The van der Waals surface area contributed by atoms with Gasteiger partial charge >= 0.3 is 0 Å². The van der Waals surface area contributed by atoms with Crippen LogP contribution >= 0.6 is 11.3 Å². The lowest BCUT2D eigenvalue weighted by atomic mass is 10.2. The summed E-state index contributed by atoms with van der Waals surface area (Å²) < 4.78 is 10.5. The molecular formula is C14H19N3O2S. The van der Waals surface area contributed by atoms with E-state index in [-0.39, 0.29) is 0 Å². The summed E-state index contributed by atoms with van der Waals surface area (Å²) in [5, 5.41) is 4.32. The van der Waals surface area contributed by atoms with Gasteiger partial charge in [-0.05, 0) is 6.42 Å². The summed E-state index contributed by atoms with van der Waals surface area (Å²) >= 11 is 1.71. The van der Waals surface area contributed by atoms with E-state index in [1.165, 1.54) is 4.88 Å². The summed E-state index contributed by atoms with van der Waals surface area (Å²) in [4.78, 5) is 5.65. The van der Waals surface area contributed by atoms with Gasteiger partial charge in [-0.25, -0.2) is 4.98 Å². The zero-order valence-electron chi connectivity index (χ0n) is 11.9. The smallest absolute Gasteiger partial charge is 0.162 e. The van der Waals surface area contributed by atoms with Crippen molar-refractivity contribution in [2.24, 2.45) is 0 Å². The van der Waals surface area contributed by atoms with Gasteiger partial charge in [-0.15, -0.1) is 11.3 Å². The lowest BCUT2D eigenvalue weighted by molar-refractivity contribution is 0.355. The average molecular weight is 293 g/mol. The van der Waals surface area contributed by atoms with Crippen LogP contribution in [0.5, 0.6) is 11.5 Å². The van der Waals surface area contributed by atoms with Crippen molar-refractivity contribution < 1.29 is 9.47 Å². The van der Waals surface area contributed by atoms with Gasteiger partial charge in [0.1, 0.15) is 5.01 Å². The fraction of sp³-hybridized carbons (Fsp3) is 0.357. The van der Waals surface area contributed by atoms with E-state index in [0.29, 0.717) is 23.7 Å². The van der Waals surface area contributed by atoms with Crippen LogP contribution in [-0.2, 0) is 13.0 Å². The third-order valence-corrected chi connectivity index (χ3v) is 4.08. The summed E-state index contributed by atoms with van der Waals surface area (Å²) in [5.74, 6) is 1.27. The molecule has 0 aliphatic rings. The van der Waals surface area contributed by atoms with Crippen LogP contribution in [0.3, 0.4) is 0 Å². The number of nitrogens with zero attached hydrogens (tertiary/aromatic N) is 1. The van der Waals surface area contributed by atoms with E-state index < -0.39 is 0 Å². The highest BCUT2D eigenvalue weighted by Gasteiger charge is 2.09. The van der Waals surface area contributed by atoms with Crippen molar-refractivity contribution in [2.75, 3.05) is 25.3 Å². The molecule has 3 N–H and O–H groups in total. The molecule has 1 heterocycles. The largest absolute Gasteiger partial charge is 0.493 e. The van der Waals surface area contributed by atoms with Gasteiger partial charge in [0.2, 0.25) is 0 Å². The molecule has 0 aliphatic heterocycles. The molecular weight excluding hydrogens is 274 g/mol. The van der Waals surface area contributed by atoms with Crippen molar-refractivity contribution in [3.8, 4) is 11.5 Å². The molecule has 0 atom stereocenters. The molecule has 0 spiro atoms. The number of rotatable bonds is 6. The maximum atomic E-state index is 6.00. The highest BCUT2D eigenvalue weighted by molar-refractivity contribution is 7.11. The van der Waals surface area contributed by atoms with Gasteiger partial charge < -0.3 is 20.5 Å². The number of nitrogens with one attached hydrogen (secondary N) is 1. The first-order valence-corrected chi connectivity index (χ1v) is 7.18. The molecule has 2 rings (SSSR count). The van der Waals surface area contributed by atoms with Crippen molar-refractivity contribution in [3.63, 3.8) is 0 Å². The van der Waals surface area contributed by atoms with Gasteiger partial charge in [0.25, 0.3) is 0 Å². The van der Waals surface area contributed by atoms with Gasteiger partial charge in [0.05, 0.1) is 32.1 Å². The zero-order chi connectivity index (χ0) is 14.5. The summed E-state index contributed by atoms with van der Waals surface area (Å²) in [6, 6.07) is 3.59. The third kappa shape index (κ3) is 3.14. The van der Waals surface area contributed by atoms with Gasteiger partial charge in [-0.3, -0.25) is 0 Å². The molecule has 0 amide bonds. The quantitative estimate of drug-likeness (QED) is 0.801. The molecule has 20 heavy (non-hydrogen) atoms. The first-order valence-electron chi connectivity index (χ1n) is 6.36. The van der Waals surface area contributed by atoms with Crippen molar-refractivity contribution in [1.82, 2.24) is 4.98 Å². The summed E-state index contributed by atoms with van der Waals surface area (Å²) in [7, 11) is 3.19. The monoisotopic (exact) mass is 293 g/mol. The average Bonchev–Trinajstić information content (AvgIpc) is 2.93. The van der Waals surface area contributed by atoms with E-state index in [0.717, 1.165) is 17.1 Å². The fourth-order valence-corrected chi connectivity index (χ4v) is 2.61. The third-order valence-electron chi connectivity index (χ3n) is 2.94. The Kier molecular flexibility index (Phi) is 4.68. The minimum absolute atomic E-state index is 0.620. The van der Waals surface area contributed by atoms with E-state index in [1.807, 2.05) is 12.3 Å². The highest BCUT2D eigenvalue weighted by atomic mass is 32.1. The second-order valence-corrected chi connectivity index (χ2v) is 5.42. The van der Waals surface area contributed by atoms with Crippen molar-refractivity contribution in [2.45, 2.75) is 19.9 Å². The van der Waals surface area contributed by atoms with Crippen LogP contribution in [0.2, 0.25) is 0 Å². The van der Waals surface area contributed by atoms with Crippen LogP contribution in [0.4, 0.5) is 11.4 Å². The maximum absolute atomic E-state index is 6.00. The molecule has 0 saturated heterocycles. The Balaban J connectivity index is 2.12. The lowest BCUT2D eigenvalue weighted by Crippen LogP contribution is -2.03. The Morgan fingerprint density at radius 1 is 1.25 bits per heavy atom. The molecule has 0 aliphatic carbocycles. The molecule has 108 valence electrons. The Morgan fingerprint density at radius 3 is 2.55 bits per heavy atom. The molecule has 1 aromatic heterocycles. The number of nitrogens with two attached hydrogens (primary N) is 1. The Labute approximate surface area is 122 Å². The number of benzene rings is 1. The van der Waals surface area contributed by atoms with E-state index in [9.17, 15) is 0 Å². The number of methoxy groups -OCH3 is 2. The van der Waals surface area contributed by atoms with E-state index in [2.05, 4.69) is 17.2 Å². The van der Waals surface area contributed by atoms with Crippen LogP contribution < -0.4 is 20.5 Å². The summed E-state index contributed by atoms with van der Waals surface area (Å²) in [6.45, 7) is 2.77. The maximum Gasteiger partial charge on any atom is 0.162 e. The van der Waals surface area contributed by atoms with Crippen LogP contribution in [0.1, 0.15) is 16.8 Å². The van der Waals surface area contributed by atoms with E-state index >= 15 is 0 Å². The summed E-state index contributed by atoms with van der Waals surface area (Å²) in [6.07, 6.45) is 2.93. The van der Waals surface area contributed by atoms with Gasteiger partial charge in [0, 0.05) is 23.2 Å². The number of anilines is 2. The standard InChI is InChI=1S/C14H19N3O2S/c1-4-9-7-17-14(20-9)8-16-11-6-13(19-3)12(18-2)5-10(11)15/h5-7,16H,4,8,15H2,1-3H3. The van der Waals surface area contributed by atoms with Crippen molar-refractivity contribution in [1.29, 1.82) is 0 Å².